The molecule has 0 radical (unpaired) electrons. The predicted octanol–water partition coefficient (Wildman–Crippen LogP) is 5.21. The quantitative estimate of drug-likeness (QED) is 0.428. The van der Waals surface area contributed by atoms with Crippen molar-refractivity contribution >= 4 is 11.7 Å². The molecule has 2 N–H and O–H groups in total. The first kappa shape index (κ1) is 28.5. The third-order valence-electron chi connectivity index (χ3n) is 7.61. The van der Waals surface area contributed by atoms with E-state index in [1.165, 1.54) is 0 Å². The Morgan fingerprint density at radius 2 is 1.79 bits per heavy atom. The van der Waals surface area contributed by atoms with Crippen LogP contribution in [0.4, 0.5) is 10.2 Å². The van der Waals surface area contributed by atoms with Crippen molar-refractivity contribution < 1.29 is 13.9 Å². The Balaban J connectivity index is 1.74. The van der Waals surface area contributed by atoms with Gasteiger partial charge in [-0.2, -0.15) is 0 Å². The molecule has 0 saturated carbocycles. The molecule has 3 aromatic rings. The van der Waals surface area contributed by atoms with Gasteiger partial charge in [0.2, 0.25) is 5.91 Å². The monoisotopic (exact) mass is 533 g/mol. The van der Waals surface area contributed by atoms with Crippen LogP contribution in [0.1, 0.15) is 60.2 Å². The van der Waals surface area contributed by atoms with E-state index in [4.69, 9.17) is 20.4 Å². The summed E-state index contributed by atoms with van der Waals surface area (Å²) in [6, 6.07) is 9.66. The lowest BCUT2D eigenvalue weighted by atomic mass is 10.0. The summed E-state index contributed by atoms with van der Waals surface area (Å²) >= 11 is 0. The number of primary amides is 1. The van der Waals surface area contributed by atoms with Crippen molar-refractivity contribution in [3.05, 3.63) is 69.7 Å². The Bertz CT molecular complexity index is 1350. The molecule has 0 bridgehead atoms. The third-order valence-corrected chi connectivity index (χ3v) is 7.61. The van der Waals surface area contributed by atoms with Gasteiger partial charge in [-0.1, -0.05) is 32.0 Å². The normalized spacial score (nSPS) is 16.1. The minimum atomic E-state index is -0.324. The van der Waals surface area contributed by atoms with Gasteiger partial charge in [0.05, 0.1) is 17.8 Å². The van der Waals surface area contributed by atoms with Crippen LogP contribution in [0.5, 0.6) is 5.75 Å². The molecule has 1 aromatic heterocycles. The summed E-state index contributed by atoms with van der Waals surface area (Å²) in [7, 11) is 0. The van der Waals surface area contributed by atoms with Crippen molar-refractivity contribution in [3.8, 4) is 17.1 Å². The highest BCUT2D eigenvalue weighted by Gasteiger charge is 2.28. The minimum Gasteiger partial charge on any atom is -0.488 e. The molecule has 0 aliphatic carbocycles. The molecule has 4 rings (SSSR count). The van der Waals surface area contributed by atoms with Crippen LogP contribution in [0.15, 0.2) is 30.3 Å². The molecule has 2 aromatic carbocycles. The first-order valence-electron chi connectivity index (χ1n) is 13.6. The minimum absolute atomic E-state index is 0.0448. The van der Waals surface area contributed by atoms with Crippen LogP contribution in [-0.2, 0) is 11.4 Å². The van der Waals surface area contributed by atoms with E-state index in [2.05, 4.69) is 42.7 Å². The predicted molar refractivity (Wildman–Crippen MR) is 154 cm³/mol. The average Bonchev–Trinajstić information content (AvgIpc) is 2.84. The number of aromatic nitrogens is 2. The van der Waals surface area contributed by atoms with Crippen molar-refractivity contribution in [2.75, 3.05) is 31.1 Å². The van der Waals surface area contributed by atoms with Gasteiger partial charge in [-0.3, -0.25) is 9.69 Å². The molecule has 208 valence electrons. The van der Waals surface area contributed by atoms with Gasteiger partial charge >= 0.3 is 0 Å². The maximum absolute atomic E-state index is 14.5. The number of nitrogens with two attached hydrogens (primary N) is 1. The summed E-state index contributed by atoms with van der Waals surface area (Å²) in [5, 5.41) is 0. The Kier molecular flexibility index (Phi) is 8.54. The van der Waals surface area contributed by atoms with Gasteiger partial charge in [0.25, 0.3) is 0 Å². The van der Waals surface area contributed by atoms with Crippen LogP contribution in [-0.4, -0.2) is 53.0 Å². The molecular weight excluding hydrogens is 493 g/mol. The van der Waals surface area contributed by atoms with Crippen molar-refractivity contribution in [1.29, 1.82) is 0 Å². The number of benzene rings is 2. The lowest BCUT2D eigenvalue weighted by Gasteiger charge is -2.40. The van der Waals surface area contributed by atoms with Gasteiger partial charge in [-0.05, 0) is 74.9 Å². The zero-order valence-corrected chi connectivity index (χ0v) is 24.1. The maximum atomic E-state index is 14.5. The molecule has 1 saturated heterocycles. The number of nitrogens with zero attached hydrogens (tertiary/aromatic N) is 4. The fraction of sp³-hybridized carbons (Fsp3) is 0.452. The summed E-state index contributed by atoms with van der Waals surface area (Å²) < 4.78 is 20.8. The lowest BCUT2D eigenvalue weighted by molar-refractivity contribution is -0.119. The molecule has 7 nitrogen and oxygen atoms in total. The number of aryl methyl sites for hydroxylation is 4. The second-order valence-corrected chi connectivity index (χ2v) is 11.0. The van der Waals surface area contributed by atoms with E-state index in [1.54, 1.807) is 12.1 Å². The van der Waals surface area contributed by atoms with Gasteiger partial charge in [0.15, 0.2) is 5.82 Å². The van der Waals surface area contributed by atoms with Crippen molar-refractivity contribution in [2.45, 2.75) is 67.0 Å². The van der Waals surface area contributed by atoms with E-state index in [0.29, 0.717) is 36.8 Å². The van der Waals surface area contributed by atoms with Crippen molar-refractivity contribution in [3.63, 3.8) is 0 Å². The number of ether oxygens (including phenoxy) is 1. The van der Waals surface area contributed by atoms with Gasteiger partial charge in [0.1, 0.15) is 24.0 Å². The second-order valence-electron chi connectivity index (χ2n) is 11.0. The Morgan fingerprint density at radius 3 is 2.41 bits per heavy atom. The zero-order chi connectivity index (χ0) is 28.4. The molecule has 2 heterocycles. The first-order chi connectivity index (χ1) is 18.5. The number of carbonyl (C=O) groups is 1. The van der Waals surface area contributed by atoms with E-state index < -0.39 is 0 Å². The maximum Gasteiger partial charge on any atom is 0.231 e. The number of halogens is 1. The van der Waals surface area contributed by atoms with E-state index in [-0.39, 0.29) is 36.8 Å². The SMILES string of the molecule is Cc1cc(F)c(C(C)C)cc1OCc1c(C)nc(-c2c(C)cccc2C)nc1N1CCN(CC(N)=O)C(C)C1. The van der Waals surface area contributed by atoms with Crippen LogP contribution in [0.3, 0.4) is 0 Å². The number of anilines is 1. The number of hydrogen-bond acceptors (Lipinski definition) is 6. The van der Waals surface area contributed by atoms with Gasteiger partial charge in [-0.25, -0.2) is 14.4 Å². The van der Waals surface area contributed by atoms with Crippen molar-refractivity contribution in [2.24, 2.45) is 5.73 Å². The van der Waals surface area contributed by atoms with Crippen LogP contribution in [0.25, 0.3) is 11.4 Å². The average molecular weight is 534 g/mol. The highest BCUT2D eigenvalue weighted by atomic mass is 19.1. The summed E-state index contributed by atoms with van der Waals surface area (Å²) in [4.78, 5) is 26.0. The Hall–Kier alpha value is -3.52. The molecular formula is C31H40FN5O2. The van der Waals surface area contributed by atoms with Gasteiger partial charge < -0.3 is 15.4 Å². The van der Waals surface area contributed by atoms with E-state index in [0.717, 1.165) is 39.3 Å². The number of piperazine rings is 1. The molecule has 39 heavy (non-hydrogen) atoms. The van der Waals surface area contributed by atoms with E-state index in [1.807, 2.05) is 33.8 Å². The van der Waals surface area contributed by atoms with Gasteiger partial charge in [-0.15, -0.1) is 0 Å². The number of rotatable bonds is 8. The summed E-state index contributed by atoms with van der Waals surface area (Å²) in [6.45, 7) is 16.6. The third kappa shape index (κ3) is 6.22. The van der Waals surface area contributed by atoms with Crippen LogP contribution in [0.2, 0.25) is 0 Å². The van der Waals surface area contributed by atoms with Crippen LogP contribution >= 0.6 is 0 Å². The van der Waals surface area contributed by atoms with Crippen LogP contribution in [0, 0.1) is 33.5 Å². The lowest BCUT2D eigenvalue weighted by Crippen LogP contribution is -2.54. The number of amides is 1. The Labute approximate surface area is 231 Å². The smallest absolute Gasteiger partial charge is 0.231 e. The molecule has 1 aliphatic heterocycles. The standard InChI is InChI=1S/C31H40FN5O2/c1-18(2)24-14-27(21(5)13-26(24)32)39-17-25-23(7)34-30(29-19(3)9-8-10-20(29)4)35-31(25)37-12-11-36(16-28(33)38)22(6)15-37/h8-10,13-14,18,22H,11-12,15-17H2,1-7H3,(H2,33,38). The van der Waals surface area contributed by atoms with Crippen LogP contribution < -0.4 is 15.4 Å². The highest BCUT2D eigenvalue weighted by molar-refractivity contribution is 5.76. The van der Waals surface area contributed by atoms with Gasteiger partial charge in [0, 0.05) is 31.2 Å². The molecule has 1 amide bonds. The largest absolute Gasteiger partial charge is 0.488 e. The van der Waals surface area contributed by atoms with Crippen molar-refractivity contribution in [1.82, 2.24) is 14.9 Å². The Morgan fingerprint density at radius 1 is 1.10 bits per heavy atom. The molecule has 0 spiro atoms. The number of hydrogen-bond donors (Lipinski definition) is 1. The fourth-order valence-electron chi connectivity index (χ4n) is 5.33. The van der Waals surface area contributed by atoms with E-state index in [9.17, 15) is 9.18 Å². The molecule has 1 unspecified atom stereocenters. The molecule has 1 atom stereocenters. The molecule has 1 fully saturated rings. The highest BCUT2D eigenvalue weighted by Crippen LogP contribution is 2.33. The fourth-order valence-corrected chi connectivity index (χ4v) is 5.33. The summed E-state index contributed by atoms with van der Waals surface area (Å²) in [5.74, 6) is 1.68. The topological polar surface area (TPSA) is 84.6 Å². The molecule has 8 heteroatoms. The van der Waals surface area contributed by atoms with E-state index >= 15 is 0 Å². The zero-order valence-electron chi connectivity index (χ0n) is 24.1. The summed E-state index contributed by atoms with van der Waals surface area (Å²) in [6.07, 6.45) is 0. The first-order valence-corrected chi connectivity index (χ1v) is 13.6. The molecule has 1 aliphatic rings. The number of carbonyl (C=O) groups excluding carboxylic acids is 1. The summed E-state index contributed by atoms with van der Waals surface area (Å²) in [5.41, 5.74) is 11.9. The second kappa shape index (κ2) is 11.7.